The Bertz CT molecular complexity index is 1150. The van der Waals surface area contributed by atoms with Gasteiger partial charge in [0.1, 0.15) is 0 Å². The van der Waals surface area contributed by atoms with Crippen molar-refractivity contribution in [2.24, 2.45) is 0 Å². The predicted molar refractivity (Wildman–Crippen MR) is 168 cm³/mol. The Morgan fingerprint density at radius 2 is 1.51 bits per heavy atom. The van der Waals surface area contributed by atoms with Crippen LogP contribution in [0, 0.1) is 6.92 Å². The van der Waals surface area contributed by atoms with Gasteiger partial charge in [-0.15, -0.1) is 0 Å². The van der Waals surface area contributed by atoms with Crippen LogP contribution >= 0.6 is 19.5 Å². The number of aryl methyl sites for hydroxylation is 4. The molecule has 226 valence electrons. The number of nitrogens with zero attached hydrogens (tertiary/aromatic N) is 1. The predicted octanol–water partition coefficient (Wildman–Crippen LogP) is 8.33. The highest BCUT2D eigenvalue weighted by molar-refractivity contribution is 7.53. The van der Waals surface area contributed by atoms with E-state index in [1.165, 1.54) is 69.1 Å². The Morgan fingerprint density at radius 3 is 2.15 bits per heavy atom. The lowest BCUT2D eigenvalue weighted by Crippen LogP contribution is -2.31. The molecule has 0 amide bonds. The Balaban J connectivity index is 1.43. The van der Waals surface area contributed by atoms with Crippen molar-refractivity contribution in [2.75, 3.05) is 7.11 Å². The van der Waals surface area contributed by atoms with Crippen LogP contribution in [0.4, 0.5) is 0 Å². The summed E-state index contributed by atoms with van der Waals surface area (Å²) in [7, 11) is -2.87. The Labute approximate surface area is 252 Å². The summed E-state index contributed by atoms with van der Waals surface area (Å²) in [5.74, 6) is 1.01. The molecule has 0 bridgehead atoms. The highest BCUT2D eigenvalue weighted by Crippen LogP contribution is 2.50. The zero-order valence-corrected chi connectivity index (χ0v) is 26.9. The van der Waals surface area contributed by atoms with Crippen LogP contribution in [0.25, 0.3) is 0 Å². The molecule has 1 N–H and O–H groups in total. The van der Waals surface area contributed by atoms with Crippen molar-refractivity contribution in [1.29, 1.82) is 0 Å². The van der Waals surface area contributed by atoms with Crippen LogP contribution in [-0.2, 0) is 19.4 Å². The summed E-state index contributed by atoms with van der Waals surface area (Å²) in [5, 5.41) is 0. The van der Waals surface area contributed by atoms with E-state index in [1.54, 1.807) is 36.6 Å². The molecular formula is C33H49NO5PS+. The molecule has 0 aliphatic rings. The van der Waals surface area contributed by atoms with Gasteiger partial charge in [-0.25, -0.2) is 0 Å². The van der Waals surface area contributed by atoms with E-state index >= 15 is 0 Å². The first-order chi connectivity index (χ1) is 19.9. The highest BCUT2D eigenvalue weighted by atomic mass is 32.1. The average Bonchev–Trinajstić information content (AvgIpc) is 3.37. The molecule has 0 spiro atoms. The largest absolute Gasteiger partial charge is 0.591 e. The zero-order valence-electron chi connectivity index (χ0n) is 25.2. The van der Waals surface area contributed by atoms with E-state index in [4.69, 9.17) is 13.8 Å². The number of thiazole rings is 1. The lowest BCUT2D eigenvalue weighted by atomic mass is 10.0. The third-order valence-corrected chi connectivity index (χ3v) is 9.00. The van der Waals surface area contributed by atoms with Gasteiger partial charge in [-0.2, -0.15) is 9.46 Å². The molecule has 0 saturated carbocycles. The van der Waals surface area contributed by atoms with Crippen LogP contribution in [-0.4, -0.2) is 12.0 Å². The van der Waals surface area contributed by atoms with Gasteiger partial charge in [0, 0.05) is 6.42 Å². The SMILES string of the molecule is CCCCCCCCCCCCCCc1cccc(O[P+]([O-])(O)Oc2cccc(CC[n+]3csc(C)c3)c2)c1OC. The molecule has 6 nitrogen and oxygen atoms in total. The Kier molecular flexibility index (Phi) is 14.9. The van der Waals surface area contributed by atoms with E-state index in [1.807, 2.05) is 24.3 Å². The van der Waals surface area contributed by atoms with Crippen LogP contribution in [0.5, 0.6) is 17.2 Å². The molecule has 0 aliphatic heterocycles. The smallest absolute Gasteiger partial charge is 0.470 e. The van der Waals surface area contributed by atoms with E-state index in [2.05, 4.69) is 30.1 Å². The number of benzene rings is 2. The summed E-state index contributed by atoms with van der Waals surface area (Å²) in [4.78, 5) is 24.8. The number of para-hydroxylation sites is 1. The third kappa shape index (κ3) is 12.7. The second-order valence-corrected chi connectivity index (χ2v) is 13.2. The van der Waals surface area contributed by atoms with Gasteiger partial charge in [0.15, 0.2) is 24.2 Å². The number of phosphoric acid groups is 1. The highest BCUT2D eigenvalue weighted by Gasteiger charge is 2.33. The molecule has 0 radical (unpaired) electrons. The fraction of sp³-hybridized carbons (Fsp3) is 0.545. The van der Waals surface area contributed by atoms with Crippen LogP contribution in [0.2, 0.25) is 0 Å². The van der Waals surface area contributed by atoms with Crippen LogP contribution in [0.3, 0.4) is 0 Å². The third-order valence-electron chi connectivity index (χ3n) is 7.28. The number of hydrogen-bond donors (Lipinski definition) is 1. The number of ether oxygens (including phenoxy) is 1. The summed E-state index contributed by atoms with van der Waals surface area (Å²) < 4.78 is 18.7. The molecule has 0 saturated heterocycles. The maximum absolute atomic E-state index is 13.0. The molecule has 1 atom stereocenters. The summed E-state index contributed by atoms with van der Waals surface area (Å²) in [6.07, 6.45) is 19.3. The van der Waals surface area contributed by atoms with Gasteiger partial charge in [-0.3, -0.25) is 9.05 Å². The van der Waals surface area contributed by atoms with E-state index in [0.717, 1.165) is 43.4 Å². The topological polar surface area (TPSA) is 74.9 Å². The van der Waals surface area contributed by atoms with Crippen LogP contribution in [0.15, 0.2) is 54.2 Å². The number of methoxy groups -OCH3 is 1. The first kappa shape index (κ1) is 33.3. The quantitative estimate of drug-likeness (QED) is 0.0754. The lowest BCUT2D eigenvalue weighted by molar-refractivity contribution is -0.691. The summed E-state index contributed by atoms with van der Waals surface area (Å²) in [6, 6.07) is 12.7. The maximum Gasteiger partial charge on any atom is 0.470 e. The van der Waals surface area contributed by atoms with Crippen molar-refractivity contribution < 1.29 is 28.1 Å². The second-order valence-electron chi connectivity index (χ2n) is 10.8. The van der Waals surface area contributed by atoms with Gasteiger partial charge >= 0.3 is 8.17 Å². The fourth-order valence-corrected chi connectivity index (χ4v) is 6.55. The molecule has 1 unspecified atom stereocenters. The molecule has 0 fully saturated rings. The van der Waals surface area contributed by atoms with Gasteiger partial charge in [-0.1, -0.05) is 113 Å². The minimum absolute atomic E-state index is 0.218. The van der Waals surface area contributed by atoms with Crippen LogP contribution < -0.4 is 23.2 Å². The van der Waals surface area contributed by atoms with Crippen molar-refractivity contribution in [3.05, 3.63) is 70.2 Å². The van der Waals surface area contributed by atoms with Gasteiger partial charge in [0.05, 0.1) is 12.0 Å². The molecule has 1 heterocycles. The summed E-state index contributed by atoms with van der Waals surface area (Å²) in [6.45, 7) is 5.17. The van der Waals surface area contributed by atoms with Gasteiger partial charge in [-0.05, 0) is 49.1 Å². The molecule has 41 heavy (non-hydrogen) atoms. The fourth-order valence-electron chi connectivity index (χ4n) is 5.07. The molecule has 8 heteroatoms. The standard InChI is InChI=1S/C33H48NO5PS/c1-4-5-6-7-8-9-10-11-12-13-14-15-19-30-20-17-22-32(33(30)37-3)39-40(35,36)38-31-21-16-18-29(25-31)23-24-34-26-28(2)41-27-34/h16-18,20-22,25-27H,4-15,19,23-24H2,1-3H3/p+1. The first-order valence-electron chi connectivity index (χ1n) is 15.3. The van der Waals surface area contributed by atoms with Crippen LogP contribution in [0.1, 0.15) is 100.0 Å². The van der Waals surface area contributed by atoms with E-state index in [9.17, 15) is 9.79 Å². The van der Waals surface area contributed by atoms with Gasteiger partial charge in [0.25, 0.3) is 0 Å². The van der Waals surface area contributed by atoms with Crippen molar-refractivity contribution in [3.63, 3.8) is 0 Å². The summed E-state index contributed by atoms with van der Waals surface area (Å²) >= 11 is 1.71. The van der Waals surface area contributed by atoms with Crippen molar-refractivity contribution >= 4 is 19.5 Å². The van der Waals surface area contributed by atoms with Gasteiger partial charge in [0.2, 0.25) is 11.3 Å². The normalized spacial score (nSPS) is 12.7. The molecular weight excluding hydrogens is 553 g/mol. The van der Waals surface area contributed by atoms with E-state index < -0.39 is 8.17 Å². The van der Waals surface area contributed by atoms with Gasteiger partial charge < -0.3 is 9.63 Å². The monoisotopic (exact) mass is 602 g/mol. The van der Waals surface area contributed by atoms with Crippen molar-refractivity contribution in [3.8, 4) is 17.2 Å². The average molecular weight is 603 g/mol. The van der Waals surface area contributed by atoms with E-state index in [-0.39, 0.29) is 5.75 Å². The number of unbranched alkanes of at least 4 members (excludes halogenated alkanes) is 11. The Hall–Kier alpha value is -2.18. The number of hydrogen-bond acceptors (Lipinski definition) is 6. The Morgan fingerprint density at radius 1 is 0.854 bits per heavy atom. The second kappa shape index (κ2) is 18.4. The van der Waals surface area contributed by atoms with Crippen molar-refractivity contribution in [1.82, 2.24) is 0 Å². The number of aromatic nitrogens is 1. The molecule has 3 aromatic rings. The molecule has 1 aromatic heterocycles. The van der Waals surface area contributed by atoms with E-state index in [0.29, 0.717) is 11.5 Å². The zero-order chi connectivity index (χ0) is 29.3. The number of rotatable bonds is 21. The minimum atomic E-state index is -4.43. The maximum atomic E-state index is 13.0. The first-order valence-corrected chi connectivity index (χ1v) is 17.7. The molecule has 2 aromatic carbocycles. The minimum Gasteiger partial charge on any atom is -0.591 e. The number of phosphoric ester groups is 1. The molecule has 3 rings (SSSR count). The lowest BCUT2D eigenvalue weighted by Gasteiger charge is -2.22. The van der Waals surface area contributed by atoms with Crippen molar-refractivity contribution in [2.45, 2.75) is 110 Å². The summed E-state index contributed by atoms with van der Waals surface area (Å²) in [5.41, 5.74) is 4.08. The molecule has 0 aliphatic carbocycles.